The van der Waals surface area contributed by atoms with Crippen molar-refractivity contribution in [2.45, 2.75) is 43.4 Å². The standard InChI is InChI=1S/C12H17ClN2O/c1-16-12-11(14-6-7-15-12)9-4-2-3-5-10(13)8-9/h6-7,9-10H,2-5,8H2,1H3. The second-order valence-electron chi connectivity index (χ2n) is 4.27. The second-order valence-corrected chi connectivity index (χ2v) is 4.88. The van der Waals surface area contributed by atoms with Gasteiger partial charge in [-0.15, -0.1) is 11.6 Å². The van der Waals surface area contributed by atoms with Crippen LogP contribution in [0.15, 0.2) is 12.4 Å². The van der Waals surface area contributed by atoms with Gasteiger partial charge in [-0.1, -0.05) is 12.8 Å². The largest absolute Gasteiger partial charge is 0.480 e. The summed E-state index contributed by atoms with van der Waals surface area (Å²) >= 11 is 6.27. The van der Waals surface area contributed by atoms with Crippen LogP contribution in [0.2, 0.25) is 0 Å². The van der Waals surface area contributed by atoms with Gasteiger partial charge >= 0.3 is 0 Å². The van der Waals surface area contributed by atoms with Crippen LogP contribution in [0.1, 0.15) is 43.7 Å². The van der Waals surface area contributed by atoms with E-state index < -0.39 is 0 Å². The van der Waals surface area contributed by atoms with Crippen molar-refractivity contribution < 1.29 is 4.74 Å². The molecule has 2 atom stereocenters. The summed E-state index contributed by atoms with van der Waals surface area (Å²) < 4.78 is 5.26. The predicted octanol–water partition coefficient (Wildman–Crippen LogP) is 3.14. The van der Waals surface area contributed by atoms with Crippen molar-refractivity contribution >= 4 is 11.6 Å². The molecule has 0 aliphatic heterocycles. The van der Waals surface area contributed by atoms with Crippen molar-refractivity contribution in [2.75, 3.05) is 7.11 Å². The van der Waals surface area contributed by atoms with Gasteiger partial charge in [-0.05, 0) is 19.3 Å². The highest BCUT2D eigenvalue weighted by Crippen LogP contribution is 2.35. The van der Waals surface area contributed by atoms with Crippen molar-refractivity contribution in [2.24, 2.45) is 0 Å². The predicted molar refractivity (Wildman–Crippen MR) is 64.1 cm³/mol. The first-order valence-electron chi connectivity index (χ1n) is 5.80. The molecule has 0 bridgehead atoms. The van der Waals surface area contributed by atoms with Gasteiger partial charge in [0.2, 0.25) is 5.88 Å². The number of hydrogen-bond acceptors (Lipinski definition) is 3. The van der Waals surface area contributed by atoms with Gasteiger partial charge in [-0.2, -0.15) is 0 Å². The van der Waals surface area contributed by atoms with E-state index in [2.05, 4.69) is 9.97 Å². The first kappa shape index (κ1) is 11.6. The number of alkyl halides is 1. The van der Waals surface area contributed by atoms with Gasteiger partial charge in [-0.25, -0.2) is 4.98 Å². The van der Waals surface area contributed by atoms with Gasteiger partial charge in [0, 0.05) is 23.7 Å². The van der Waals surface area contributed by atoms with Crippen LogP contribution < -0.4 is 4.74 Å². The van der Waals surface area contributed by atoms with Gasteiger partial charge in [0.25, 0.3) is 0 Å². The summed E-state index contributed by atoms with van der Waals surface area (Å²) in [6.07, 6.45) is 9.06. The van der Waals surface area contributed by atoms with Gasteiger partial charge < -0.3 is 4.74 Å². The number of methoxy groups -OCH3 is 1. The molecule has 2 unspecified atom stereocenters. The number of rotatable bonds is 2. The van der Waals surface area contributed by atoms with Crippen LogP contribution in [0.5, 0.6) is 5.88 Å². The molecule has 1 fully saturated rings. The minimum absolute atomic E-state index is 0.263. The SMILES string of the molecule is COc1nccnc1C1CCCCC(Cl)C1. The molecule has 1 aromatic rings. The van der Waals surface area contributed by atoms with Crippen LogP contribution in [-0.2, 0) is 0 Å². The number of halogens is 1. The van der Waals surface area contributed by atoms with Crippen LogP contribution in [-0.4, -0.2) is 22.5 Å². The molecule has 1 aliphatic carbocycles. The quantitative estimate of drug-likeness (QED) is 0.589. The van der Waals surface area contributed by atoms with E-state index in [4.69, 9.17) is 16.3 Å². The first-order chi connectivity index (χ1) is 7.81. The highest BCUT2D eigenvalue weighted by molar-refractivity contribution is 6.20. The first-order valence-corrected chi connectivity index (χ1v) is 6.24. The molecule has 1 aromatic heterocycles. The molecule has 0 N–H and O–H groups in total. The Morgan fingerprint density at radius 1 is 1.25 bits per heavy atom. The van der Waals surface area contributed by atoms with E-state index in [1.807, 2.05) is 0 Å². The zero-order valence-corrected chi connectivity index (χ0v) is 10.3. The molecule has 0 saturated heterocycles. The Morgan fingerprint density at radius 2 is 2.00 bits per heavy atom. The molecule has 0 radical (unpaired) electrons. The molecule has 1 saturated carbocycles. The smallest absolute Gasteiger partial charge is 0.235 e. The molecule has 4 heteroatoms. The Balaban J connectivity index is 2.20. The average Bonchev–Trinajstić information content (AvgIpc) is 2.54. The summed E-state index contributed by atoms with van der Waals surface area (Å²) in [7, 11) is 1.64. The maximum atomic E-state index is 6.27. The lowest BCUT2D eigenvalue weighted by Gasteiger charge is -2.16. The summed E-state index contributed by atoms with van der Waals surface area (Å²) in [6.45, 7) is 0. The fourth-order valence-electron chi connectivity index (χ4n) is 2.32. The Bertz CT molecular complexity index is 346. The van der Waals surface area contributed by atoms with Crippen molar-refractivity contribution in [3.05, 3.63) is 18.1 Å². The summed E-state index contributed by atoms with van der Waals surface area (Å²) in [6, 6.07) is 0. The third-order valence-electron chi connectivity index (χ3n) is 3.13. The third kappa shape index (κ3) is 2.64. The zero-order valence-electron chi connectivity index (χ0n) is 9.53. The molecule has 2 rings (SSSR count). The maximum absolute atomic E-state index is 6.27. The fourth-order valence-corrected chi connectivity index (χ4v) is 2.69. The Kier molecular flexibility index (Phi) is 3.99. The van der Waals surface area contributed by atoms with E-state index in [0.29, 0.717) is 11.8 Å². The highest BCUT2D eigenvalue weighted by atomic mass is 35.5. The lowest BCUT2D eigenvalue weighted by atomic mass is 9.96. The van der Waals surface area contributed by atoms with Gasteiger partial charge in [0.15, 0.2) is 0 Å². The second kappa shape index (κ2) is 5.48. The van der Waals surface area contributed by atoms with Crippen molar-refractivity contribution in [1.29, 1.82) is 0 Å². The molecular weight excluding hydrogens is 224 g/mol. The van der Waals surface area contributed by atoms with Crippen LogP contribution >= 0.6 is 11.6 Å². The minimum atomic E-state index is 0.263. The number of nitrogens with zero attached hydrogens (tertiary/aromatic N) is 2. The monoisotopic (exact) mass is 240 g/mol. The molecular formula is C12H17ClN2O. The molecule has 1 heterocycles. The fraction of sp³-hybridized carbons (Fsp3) is 0.667. The summed E-state index contributed by atoms with van der Waals surface area (Å²) in [4.78, 5) is 8.60. The van der Waals surface area contributed by atoms with E-state index >= 15 is 0 Å². The Hall–Kier alpha value is -0.830. The summed E-state index contributed by atoms with van der Waals surface area (Å²) in [5.74, 6) is 1.05. The molecule has 0 aromatic carbocycles. The third-order valence-corrected chi connectivity index (χ3v) is 3.53. The number of aromatic nitrogens is 2. The van der Waals surface area contributed by atoms with E-state index in [-0.39, 0.29) is 5.38 Å². The highest BCUT2D eigenvalue weighted by Gasteiger charge is 2.24. The topological polar surface area (TPSA) is 35.0 Å². The number of ether oxygens (including phenoxy) is 1. The Labute approximate surface area is 101 Å². The van der Waals surface area contributed by atoms with Crippen molar-refractivity contribution in [1.82, 2.24) is 9.97 Å². The minimum Gasteiger partial charge on any atom is -0.480 e. The number of hydrogen-bond donors (Lipinski definition) is 0. The lowest BCUT2D eigenvalue weighted by Crippen LogP contribution is -2.08. The van der Waals surface area contributed by atoms with Crippen molar-refractivity contribution in [3.63, 3.8) is 0 Å². The zero-order chi connectivity index (χ0) is 11.4. The molecule has 1 aliphatic rings. The maximum Gasteiger partial charge on any atom is 0.235 e. The van der Waals surface area contributed by atoms with E-state index in [1.165, 1.54) is 12.8 Å². The average molecular weight is 241 g/mol. The van der Waals surface area contributed by atoms with Crippen LogP contribution in [0.25, 0.3) is 0 Å². The van der Waals surface area contributed by atoms with E-state index in [1.54, 1.807) is 19.5 Å². The van der Waals surface area contributed by atoms with Gasteiger partial charge in [-0.3, -0.25) is 4.98 Å². The van der Waals surface area contributed by atoms with E-state index in [9.17, 15) is 0 Å². The normalized spacial score (nSPS) is 26.1. The van der Waals surface area contributed by atoms with Crippen molar-refractivity contribution in [3.8, 4) is 5.88 Å². The molecule has 16 heavy (non-hydrogen) atoms. The lowest BCUT2D eigenvalue weighted by molar-refractivity contribution is 0.380. The molecule has 0 spiro atoms. The van der Waals surface area contributed by atoms with Crippen LogP contribution in [0.4, 0.5) is 0 Å². The van der Waals surface area contributed by atoms with Crippen LogP contribution in [0, 0.1) is 0 Å². The molecule has 0 amide bonds. The molecule has 88 valence electrons. The Morgan fingerprint density at radius 3 is 2.81 bits per heavy atom. The van der Waals surface area contributed by atoms with Gasteiger partial charge in [0.1, 0.15) is 5.69 Å². The van der Waals surface area contributed by atoms with Gasteiger partial charge in [0.05, 0.1) is 7.11 Å². The molecule has 3 nitrogen and oxygen atoms in total. The summed E-state index contributed by atoms with van der Waals surface area (Å²) in [5, 5.41) is 0.263. The summed E-state index contributed by atoms with van der Waals surface area (Å²) in [5.41, 5.74) is 0.970. The van der Waals surface area contributed by atoms with Crippen LogP contribution in [0.3, 0.4) is 0 Å². The van der Waals surface area contributed by atoms with E-state index in [0.717, 1.165) is 25.0 Å².